The number of carbonyl (C=O) groups excluding carboxylic acids is 3. The van der Waals surface area contributed by atoms with E-state index in [0.717, 1.165) is 18.4 Å². The molecule has 4 atom stereocenters. The van der Waals surface area contributed by atoms with Crippen molar-refractivity contribution in [2.24, 2.45) is 23.3 Å². The van der Waals surface area contributed by atoms with Crippen molar-refractivity contribution < 1.29 is 24.3 Å². The highest BCUT2D eigenvalue weighted by Crippen LogP contribution is 2.23. The van der Waals surface area contributed by atoms with E-state index in [4.69, 9.17) is 11.5 Å². The SMILES string of the molecule is CC(C)C[C@@H](NC(=O)[C@@H](Cc1ccccc1)NC(=O)CNC[C@@H](c1ccccc1)C(C)C)C(=O)N[C@H](CCCCN)CN1CCC(N)(C(=O)O)CC1. The molecule has 12 heteroatoms. The second-order valence-corrected chi connectivity index (χ2v) is 15.1. The van der Waals surface area contributed by atoms with Crippen LogP contribution in [0.3, 0.4) is 0 Å². The third kappa shape index (κ3) is 14.3. The molecule has 0 spiro atoms. The number of carboxylic acids is 1. The molecule has 12 nitrogen and oxygen atoms in total. The van der Waals surface area contributed by atoms with Gasteiger partial charge in [0.1, 0.15) is 17.6 Å². The Labute approximate surface area is 310 Å². The lowest BCUT2D eigenvalue weighted by Crippen LogP contribution is -2.59. The number of benzene rings is 2. The van der Waals surface area contributed by atoms with Gasteiger partial charge in [-0.25, -0.2) is 0 Å². The van der Waals surface area contributed by atoms with Crippen molar-refractivity contribution in [1.82, 2.24) is 26.2 Å². The molecule has 0 saturated carbocycles. The first-order chi connectivity index (χ1) is 24.8. The summed E-state index contributed by atoms with van der Waals surface area (Å²) in [5.74, 6) is -1.32. The van der Waals surface area contributed by atoms with Crippen molar-refractivity contribution in [3.63, 3.8) is 0 Å². The first-order valence-electron chi connectivity index (χ1n) is 19.0. The Bertz CT molecular complexity index is 1380. The number of amides is 3. The molecule has 2 aromatic rings. The fourth-order valence-electron chi connectivity index (χ4n) is 6.77. The Hall–Kier alpha value is -3.84. The van der Waals surface area contributed by atoms with Gasteiger partial charge in [-0.05, 0) is 67.5 Å². The van der Waals surface area contributed by atoms with Crippen LogP contribution in [0.5, 0.6) is 0 Å². The monoisotopic (exact) mass is 721 g/mol. The number of hydrogen-bond donors (Lipinski definition) is 7. The van der Waals surface area contributed by atoms with Crippen LogP contribution in [0, 0.1) is 11.8 Å². The van der Waals surface area contributed by atoms with Gasteiger partial charge < -0.3 is 42.7 Å². The Morgan fingerprint density at radius 3 is 2.04 bits per heavy atom. The lowest BCUT2D eigenvalue weighted by atomic mass is 9.88. The number of nitrogens with one attached hydrogen (secondary N) is 4. The molecule has 0 unspecified atom stereocenters. The van der Waals surface area contributed by atoms with Crippen LogP contribution in [-0.4, -0.2) is 96.6 Å². The highest BCUT2D eigenvalue weighted by atomic mass is 16.4. The molecule has 1 aliphatic heterocycles. The van der Waals surface area contributed by atoms with Crippen LogP contribution in [0.1, 0.15) is 83.3 Å². The Kier molecular flexibility index (Phi) is 17.7. The standard InChI is InChI=1S/C40H63N7O5/c1-28(2)23-34(37(49)44-32(17-11-12-20-41)27-47-21-18-40(42,19-22-47)39(51)52)46-38(50)35(24-30-13-7-5-8-14-30)45-36(48)26-43-25-33(29(3)4)31-15-9-6-10-16-31/h5-10,13-16,28-29,32-35,43H,11-12,17-27,41-42H2,1-4H3,(H,44,49)(H,45,48)(H,46,50)(H,51,52)/t32-,33-,34-,35-/m1/s1. The summed E-state index contributed by atoms with van der Waals surface area (Å²) in [5, 5.41) is 21.9. The van der Waals surface area contributed by atoms with Gasteiger partial charge in [0.15, 0.2) is 0 Å². The van der Waals surface area contributed by atoms with Crippen LogP contribution < -0.4 is 32.7 Å². The maximum atomic E-state index is 14.0. The molecule has 1 heterocycles. The van der Waals surface area contributed by atoms with Crippen molar-refractivity contribution >= 4 is 23.7 Å². The van der Waals surface area contributed by atoms with E-state index in [0.29, 0.717) is 64.3 Å². The zero-order chi connectivity index (χ0) is 38.1. The van der Waals surface area contributed by atoms with Crippen LogP contribution in [0.15, 0.2) is 60.7 Å². The third-order valence-electron chi connectivity index (χ3n) is 9.96. The summed E-state index contributed by atoms with van der Waals surface area (Å²) >= 11 is 0. The summed E-state index contributed by atoms with van der Waals surface area (Å²) in [5.41, 5.74) is 12.7. The molecule has 0 aromatic heterocycles. The van der Waals surface area contributed by atoms with Crippen molar-refractivity contribution in [3.05, 3.63) is 71.8 Å². The van der Waals surface area contributed by atoms with E-state index in [1.807, 2.05) is 62.4 Å². The summed E-state index contributed by atoms with van der Waals surface area (Å²) in [6.45, 7) is 11.1. The summed E-state index contributed by atoms with van der Waals surface area (Å²) in [4.78, 5) is 54.9. The number of hydrogen-bond acceptors (Lipinski definition) is 8. The molecule has 52 heavy (non-hydrogen) atoms. The summed E-state index contributed by atoms with van der Waals surface area (Å²) < 4.78 is 0. The van der Waals surface area contributed by atoms with Gasteiger partial charge in [-0.1, -0.05) is 94.8 Å². The fourth-order valence-corrected chi connectivity index (χ4v) is 6.77. The lowest BCUT2D eigenvalue weighted by Gasteiger charge is -2.38. The fraction of sp³-hybridized carbons (Fsp3) is 0.600. The molecule has 2 aromatic carbocycles. The predicted octanol–water partition coefficient (Wildman–Crippen LogP) is 2.77. The molecule has 1 aliphatic rings. The van der Waals surface area contributed by atoms with E-state index in [2.05, 4.69) is 52.1 Å². The molecular formula is C40H63N7O5. The van der Waals surface area contributed by atoms with Gasteiger partial charge in [0, 0.05) is 38.6 Å². The number of carbonyl (C=O) groups is 4. The van der Waals surface area contributed by atoms with Gasteiger partial charge >= 0.3 is 5.97 Å². The zero-order valence-corrected chi connectivity index (χ0v) is 31.6. The summed E-state index contributed by atoms with van der Waals surface area (Å²) in [7, 11) is 0. The Balaban J connectivity index is 1.69. The number of nitrogens with two attached hydrogens (primary N) is 2. The van der Waals surface area contributed by atoms with Crippen LogP contribution in [0.4, 0.5) is 0 Å². The molecule has 3 rings (SSSR count). The number of likely N-dealkylation sites (tertiary alicyclic amines) is 1. The highest BCUT2D eigenvalue weighted by Gasteiger charge is 2.38. The summed E-state index contributed by atoms with van der Waals surface area (Å²) in [6.07, 6.45) is 3.65. The van der Waals surface area contributed by atoms with Gasteiger partial charge in [0.05, 0.1) is 6.54 Å². The number of rotatable bonds is 22. The molecular weight excluding hydrogens is 658 g/mol. The number of nitrogens with zero attached hydrogens (tertiary/aromatic N) is 1. The van der Waals surface area contributed by atoms with Gasteiger partial charge in [-0.2, -0.15) is 0 Å². The second-order valence-electron chi connectivity index (χ2n) is 15.1. The second kappa shape index (κ2) is 21.6. The molecule has 288 valence electrons. The molecule has 1 saturated heterocycles. The smallest absolute Gasteiger partial charge is 0.323 e. The first-order valence-corrected chi connectivity index (χ1v) is 19.0. The molecule has 0 aliphatic carbocycles. The number of unbranched alkanes of at least 4 members (excludes halogenated alkanes) is 1. The van der Waals surface area contributed by atoms with Crippen LogP contribution in [0.2, 0.25) is 0 Å². The average Bonchev–Trinajstić information content (AvgIpc) is 3.11. The van der Waals surface area contributed by atoms with E-state index in [9.17, 15) is 24.3 Å². The molecule has 0 radical (unpaired) electrons. The zero-order valence-electron chi connectivity index (χ0n) is 31.6. The molecule has 9 N–H and O–H groups in total. The largest absolute Gasteiger partial charge is 0.480 e. The van der Waals surface area contributed by atoms with Crippen molar-refractivity contribution in [1.29, 1.82) is 0 Å². The molecule has 0 bridgehead atoms. The number of carboxylic acid groups (broad SMARTS) is 1. The minimum atomic E-state index is -1.23. The minimum absolute atomic E-state index is 0.0449. The lowest BCUT2D eigenvalue weighted by molar-refractivity contribution is -0.145. The molecule has 3 amide bonds. The van der Waals surface area contributed by atoms with Gasteiger partial charge in [0.2, 0.25) is 17.7 Å². The minimum Gasteiger partial charge on any atom is -0.480 e. The third-order valence-corrected chi connectivity index (χ3v) is 9.96. The van der Waals surface area contributed by atoms with E-state index in [-0.39, 0.29) is 42.7 Å². The van der Waals surface area contributed by atoms with Crippen molar-refractivity contribution in [2.45, 2.75) is 102 Å². The first kappa shape index (κ1) is 42.6. The Morgan fingerprint density at radius 1 is 0.846 bits per heavy atom. The van der Waals surface area contributed by atoms with E-state index >= 15 is 0 Å². The Morgan fingerprint density at radius 2 is 1.46 bits per heavy atom. The normalized spacial score (nSPS) is 16.8. The summed E-state index contributed by atoms with van der Waals surface area (Å²) in [6, 6.07) is 17.8. The highest BCUT2D eigenvalue weighted by molar-refractivity contribution is 5.92. The number of aliphatic carboxylic acids is 1. The maximum absolute atomic E-state index is 14.0. The van der Waals surface area contributed by atoms with Gasteiger partial charge in [0.25, 0.3) is 0 Å². The maximum Gasteiger partial charge on any atom is 0.323 e. The quantitative estimate of drug-likeness (QED) is 0.0897. The van der Waals surface area contributed by atoms with Crippen molar-refractivity contribution in [2.75, 3.05) is 39.3 Å². The predicted molar refractivity (Wildman–Crippen MR) is 205 cm³/mol. The number of piperidine rings is 1. The van der Waals surface area contributed by atoms with Crippen LogP contribution >= 0.6 is 0 Å². The van der Waals surface area contributed by atoms with E-state index < -0.39 is 29.5 Å². The van der Waals surface area contributed by atoms with Gasteiger partial charge in [-0.3, -0.25) is 19.2 Å². The average molecular weight is 722 g/mol. The van der Waals surface area contributed by atoms with Crippen LogP contribution in [-0.2, 0) is 25.6 Å². The van der Waals surface area contributed by atoms with Crippen molar-refractivity contribution in [3.8, 4) is 0 Å². The van der Waals surface area contributed by atoms with E-state index in [1.54, 1.807) is 0 Å². The van der Waals surface area contributed by atoms with E-state index in [1.165, 1.54) is 5.56 Å². The van der Waals surface area contributed by atoms with Crippen LogP contribution in [0.25, 0.3) is 0 Å². The van der Waals surface area contributed by atoms with Gasteiger partial charge in [-0.15, -0.1) is 0 Å². The molecule has 1 fully saturated rings. The topological polar surface area (TPSA) is 192 Å².